The Morgan fingerprint density at radius 2 is 1.71 bits per heavy atom. The number of aromatic hydroxyl groups is 1. The number of benzene rings is 1. The van der Waals surface area contributed by atoms with Crippen molar-refractivity contribution in [1.82, 2.24) is 0 Å². The van der Waals surface area contributed by atoms with Gasteiger partial charge in [-0.05, 0) is 35.3 Å². The van der Waals surface area contributed by atoms with Gasteiger partial charge in [-0.3, -0.25) is 0 Å². The van der Waals surface area contributed by atoms with Crippen LogP contribution in [0.15, 0.2) is 30.3 Å². The molecule has 1 nitrogen and oxygen atoms in total. The number of allylic oxidation sites excluding steroid dienone is 2. The van der Waals surface area contributed by atoms with E-state index in [1.807, 2.05) is 18.2 Å². The molecular weight excluding hydrogens is 208 g/mol. The molecule has 0 bridgehead atoms. The first kappa shape index (κ1) is 12.2. The third kappa shape index (κ3) is 2.71. The molecule has 0 amide bonds. The third-order valence-electron chi connectivity index (χ3n) is 3.42. The smallest absolute Gasteiger partial charge is 0.123 e. The van der Waals surface area contributed by atoms with Crippen molar-refractivity contribution in [3.63, 3.8) is 0 Å². The quantitative estimate of drug-likeness (QED) is 0.746. The summed E-state index contributed by atoms with van der Waals surface area (Å²) in [6.45, 7) is 9.16. The maximum Gasteiger partial charge on any atom is 0.123 e. The minimum absolute atomic E-state index is 0.208. The van der Waals surface area contributed by atoms with Gasteiger partial charge in [0.25, 0.3) is 0 Å². The highest BCUT2D eigenvalue weighted by molar-refractivity contribution is 5.72. The van der Waals surface area contributed by atoms with Crippen molar-refractivity contribution in [2.24, 2.45) is 10.8 Å². The zero-order valence-electron chi connectivity index (χ0n) is 11.2. The van der Waals surface area contributed by atoms with E-state index in [-0.39, 0.29) is 5.41 Å². The number of phenols is 1. The van der Waals surface area contributed by atoms with Gasteiger partial charge in [0, 0.05) is 5.56 Å². The highest BCUT2D eigenvalue weighted by Crippen LogP contribution is 2.48. The summed E-state index contributed by atoms with van der Waals surface area (Å²) in [6.07, 6.45) is 4.55. The second-order valence-electron chi connectivity index (χ2n) is 6.69. The van der Waals surface area contributed by atoms with E-state index in [0.29, 0.717) is 11.2 Å². The number of rotatable bonds is 1. The average Bonchev–Trinajstić information content (AvgIpc) is 2.13. The van der Waals surface area contributed by atoms with E-state index in [1.165, 1.54) is 12.0 Å². The Balaban J connectivity index is 2.46. The largest absolute Gasteiger partial charge is 0.507 e. The fourth-order valence-electron chi connectivity index (χ4n) is 3.30. The molecule has 0 saturated heterocycles. The monoisotopic (exact) mass is 230 g/mol. The van der Waals surface area contributed by atoms with Crippen molar-refractivity contribution in [3.05, 3.63) is 35.9 Å². The van der Waals surface area contributed by atoms with E-state index < -0.39 is 0 Å². The van der Waals surface area contributed by atoms with E-state index in [4.69, 9.17) is 0 Å². The topological polar surface area (TPSA) is 20.2 Å². The van der Waals surface area contributed by atoms with Gasteiger partial charge in [0.1, 0.15) is 5.75 Å². The molecule has 1 heteroatoms. The summed E-state index contributed by atoms with van der Waals surface area (Å²) in [5.41, 5.74) is 2.78. The van der Waals surface area contributed by atoms with E-state index in [0.717, 1.165) is 12.0 Å². The first-order chi connectivity index (χ1) is 7.79. The Bertz CT molecular complexity index is 452. The summed E-state index contributed by atoms with van der Waals surface area (Å²) in [7, 11) is 0. The summed E-state index contributed by atoms with van der Waals surface area (Å²) >= 11 is 0. The molecule has 1 aliphatic carbocycles. The lowest BCUT2D eigenvalue weighted by atomic mass is 9.66. The summed E-state index contributed by atoms with van der Waals surface area (Å²) < 4.78 is 0. The summed E-state index contributed by atoms with van der Waals surface area (Å²) in [6, 6.07) is 7.65. The van der Waals surface area contributed by atoms with Crippen LogP contribution in [0.3, 0.4) is 0 Å². The molecule has 1 N–H and O–H groups in total. The van der Waals surface area contributed by atoms with Crippen LogP contribution in [0.1, 0.15) is 46.1 Å². The van der Waals surface area contributed by atoms with E-state index in [1.54, 1.807) is 6.07 Å². The molecule has 0 radical (unpaired) electrons. The predicted molar refractivity (Wildman–Crippen MR) is 72.9 cm³/mol. The molecule has 0 saturated carbocycles. The lowest BCUT2D eigenvalue weighted by molar-refractivity contribution is 0.228. The van der Waals surface area contributed by atoms with Crippen molar-refractivity contribution in [2.75, 3.05) is 0 Å². The van der Waals surface area contributed by atoms with Crippen LogP contribution < -0.4 is 0 Å². The second-order valence-corrected chi connectivity index (χ2v) is 6.69. The molecular formula is C16H22O. The molecule has 0 heterocycles. The first-order valence-electron chi connectivity index (χ1n) is 6.29. The molecule has 17 heavy (non-hydrogen) atoms. The third-order valence-corrected chi connectivity index (χ3v) is 3.42. The molecule has 1 aromatic rings. The molecule has 92 valence electrons. The van der Waals surface area contributed by atoms with Crippen LogP contribution in [0.4, 0.5) is 0 Å². The summed E-state index contributed by atoms with van der Waals surface area (Å²) in [5, 5.41) is 9.96. The van der Waals surface area contributed by atoms with E-state index in [2.05, 4.69) is 33.8 Å². The fourth-order valence-corrected chi connectivity index (χ4v) is 3.30. The Labute approximate surface area is 104 Å². The van der Waals surface area contributed by atoms with Gasteiger partial charge in [-0.1, -0.05) is 52.0 Å². The lowest BCUT2D eigenvalue weighted by Gasteiger charge is -2.39. The standard InChI is InChI=1S/C16H22O/c1-15(2)9-12(10-16(3,4)11-15)13-7-5-6-8-14(13)17/h5-9,17H,10-11H2,1-4H3. The maximum atomic E-state index is 9.96. The van der Waals surface area contributed by atoms with Gasteiger partial charge in [-0.2, -0.15) is 0 Å². The Hall–Kier alpha value is -1.24. The van der Waals surface area contributed by atoms with Crippen LogP contribution in [0.5, 0.6) is 5.75 Å². The van der Waals surface area contributed by atoms with Crippen LogP contribution in [0, 0.1) is 10.8 Å². The van der Waals surface area contributed by atoms with E-state index >= 15 is 0 Å². The number of phenolic OH excluding ortho intramolecular Hbond substituents is 1. The number of para-hydroxylation sites is 1. The number of hydrogen-bond donors (Lipinski definition) is 1. The fraction of sp³-hybridized carbons (Fsp3) is 0.500. The molecule has 0 aromatic heterocycles. The molecule has 0 fully saturated rings. The molecule has 1 aromatic carbocycles. The van der Waals surface area contributed by atoms with Gasteiger partial charge >= 0.3 is 0 Å². The predicted octanol–water partition coefficient (Wildman–Crippen LogP) is 4.62. The van der Waals surface area contributed by atoms with Crippen LogP contribution in [0.2, 0.25) is 0 Å². The van der Waals surface area contributed by atoms with Crippen molar-refractivity contribution < 1.29 is 5.11 Å². The van der Waals surface area contributed by atoms with Crippen LogP contribution in [0.25, 0.3) is 5.57 Å². The molecule has 0 spiro atoms. The van der Waals surface area contributed by atoms with Crippen molar-refractivity contribution in [2.45, 2.75) is 40.5 Å². The Kier molecular flexibility index (Phi) is 2.81. The highest BCUT2D eigenvalue weighted by atomic mass is 16.3. The van der Waals surface area contributed by atoms with Gasteiger partial charge in [0.05, 0.1) is 0 Å². The van der Waals surface area contributed by atoms with Crippen molar-refractivity contribution in [1.29, 1.82) is 0 Å². The van der Waals surface area contributed by atoms with Gasteiger partial charge in [-0.25, -0.2) is 0 Å². The average molecular weight is 230 g/mol. The zero-order valence-corrected chi connectivity index (χ0v) is 11.2. The maximum absolute atomic E-state index is 9.96. The zero-order chi connectivity index (χ0) is 12.7. The van der Waals surface area contributed by atoms with Crippen molar-refractivity contribution in [3.8, 4) is 5.75 Å². The normalized spacial score (nSPS) is 22.0. The molecule has 2 rings (SSSR count). The van der Waals surface area contributed by atoms with Crippen molar-refractivity contribution >= 4 is 5.57 Å². The second kappa shape index (κ2) is 3.90. The van der Waals surface area contributed by atoms with Crippen LogP contribution in [-0.4, -0.2) is 5.11 Å². The Morgan fingerprint density at radius 3 is 2.29 bits per heavy atom. The Morgan fingerprint density at radius 1 is 1.06 bits per heavy atom. The number of hydrogen-bond acceptors (Lipinski definition) is 1. The van der Waals surface area contributed by atoms with Gasteiger partial charge in [0.2, 0.25) is 0 Å². The molecule has 1 aliphatic rings. The molecule has 0 atom stereocenters. The first-order valence-corrected chi connectivity index (χ1v) is 6.29. The van der Waals surface area contributed by atoms with Gasteiger partial charge in [0.15, 0.2) is 0 Å². The summed E-state index contributed by atoms with van der Waals surface area (Å²) in [5.74, 6) is 0.396. The lowest BCUT2D eigenvalue weighted by Crippen LogP contribution is -2.26. The highest BCUT2D eigenvalue weighted by Gasteiger charge is 2.33. The van der Waals surface area contributed by atoms with Gasteiger partial charge < -0.3 is 5.11 Å². The summed E-state index contributed by atoms with van der Waals surface area (Å²) in [4.78, 5) is 0. The minimum Gasteiger partial charge on any atom is -0.507 e. The van der Waals surface area contributed by atoms with Gasteiger partial charge in [-0.15, -0.1) is 0 Å². The van der Waals surface area contributed by atoms with Crippen LogP contribution >= 0.6 is 0 Å². The molecule has 0 aliphatic heterocycles. The molecule has 0 unspecified atom stereocenters. The van der Waals surface area contributed by atoms with Crippen LogP contribution in [-0.2, 0) is 0 Å². The SMILES string of the molecule is CC1(C)C=C(c2ccccc2O)CC(C)(C)C1. The van der Waals surface area contributed by atoms with E-state index in [9.17, 15) is 5.11 Å². The minimum atomic E-state index is 0.208.